The van der Waals surface area contributed by atoms with Crippen LogP contribution in [0.15, 0.2) is 48.8 Å². The molecule has 4 saturated carbocycles. The second-order valence-electron chi connectivity index (χ2n) is 17.8. The van der Waals surface area contributed by atoms with Crippen LogP contribution in [-0.4, -0.2) is 84.7 Å². The molecule has 0 spiro atoms. The highest BCUT2D eigenvalue weighted by Crippen LogP contribution is 2.72. The molecule has 5 heterocycles. The topological polar surface area (TPSA) is 146 Å². The largest absolute Gasteiger partial charge is 0.395 e. The molecule has 4 aromatic heterocycles. The van der Waals surface area contributed by atoms with E-state index in [4.69, 9.17) is 24.9 Å². The average Bonchev–Trinajstić information content (AvgIpc) is 3.73. The van der Waals surface area contributed by atoms with Crippen LogP contribution in [0, 0.1) is 30.1 Å². The molecule has 2 atom stereocenters. The van der Waals surface area contributed by atoms with Gasteiger partial charge in [-0.05, 0) is 106 Å². The van der Waals surface area contributed by atoms with Crippen molar-refractivity contribution in [3.8, 4) is 11.1 Å². The van der Waals surface area contributed by atoms with Gasteiger partial charge in [-0.15, -0.1) is 10.2 Å². The molecular formula is C42H53N9O3S. The first-order valence-electron chi connectivity index (χ1n) is 19.8. The zero-order chi connectivity index (χ0) is 38.0. The van der Waals surface area contributed by atoms with Gasteiger partial charge in [0.1, 0.15) is 5.82 Å². The molecule has 1 aromatic carbocycles. The van der Waals surface area contributed by atoms with E-state index in [2.05, 4.69) is 71.2 Å². The predicted molar refractivity (Wildman–Crippen MR) is 216 cm³/mol. The lowest BCUT2D eigenvalue weighted by atomic mass is 9.39. The van der Waals surface area contributed by atoms with E-state index < -0.39 is 0 Å². The van der Waals surface area contributed by atoms with Crippen molar-refractivity contribution in [3.63, 3.8) is 0 Å². The molecule has 4 bridgehead atoms. The van der Waals surface area contributed by atoms with Gasteiger partial charge in [-0.2, -0.15) is 5.10 Å². The Morgan fingerprint density at radius 3 is 2.49 bits per heavy atom. The molecule has 0 amide bonds. The van der Waals surface area contributed by atoms with Crippen LogP contribution in [0.3, 0.4) is 0 Å². The Hall–Kier alpha value is -4.01. The number of rotatable bonds is 13. The number of thiazole rings is 1. The zero-order valence-electron chi connectivity index (χ0n) is 32.4. The minimum Gasteiger partial charge on any atom is -0.395 e. The number of anilines is 4. The highest BCUT2D eigenvalue weighted by Gasteiger charge is 2.66. The number of fused-ring (bicyclic) bond motifs is 2. The number of nitrogens with one attached hydrogen (secondary N) is 2. The molecule has 13 heteroatoms. The van der Waals surface area contributed by atoms with Gasteiger partial charge in [-0.3, -0.25) is 4.68 Å². The molecule has 290 valence electrons. The fraction of sp³-hybridized carbons (Fsp3) is 0.548. The number of pyridine rings is 1. The van der Waals surface area contributed by atoms with Crippen molar-refractivity contribution < 1.29 is 14.9 Å². The normalized spacial score (nSPS) is 27.0. The number of ether oxygens (including phenoxy) is 1. The third kappa shape index (κ3) is 6.81. The summed E-state index contributed by atoms with van der Waals surface area (Å²) < 4.78 is 10.2. The molecular weight excluding hydrogens is 711 g/mol. The zero-order valence-corrected chi connectivity index (χ0v) is 33.3. The van der Waals surface area contributed by atoms with Crippen molar-refractivity contribution in [1.29, 1.82) is 0 Å². The third-order valence-corrected chi connectivity index (χ3v) is 13.8. The van der Waals surface area contributed by atoms with Crippen LogP contribution in [0.4, 0.5) is 22.6 Å². The number of hydrogen-bond donors (Lipinski definition) is 4. The summed E-state index contributed by atoms with van der Waals surface area (Å²) in [6.07, 6.45) is 12.8. The Balaban J connectivity index is 0.908. The summed E-state index contributed by atoms with van der Waals surface area (Å²) in [6.45, 7) is 12.0. The van der Waals surface area contributed by atoms with Crippen molar-refractivity contribution in [1.82, 2.24) is 35.3 Å². The summed E-state index contributed by atoms with van der Waals surface area (Å²) in [5, 5.41) is 40.8. The number of benzene rings is 1. The van der Waals surface area contributed by atoms with Gasteiger partial charge < -0.3 is 30.5 Å². The summed E-state index contributed by atoms with van der Waals surface area (Å²) in [5.41, 5.74) is 7.05. The lowest BCUT2D eigenvalue weighted by Gasteiger charge is -2.69. The number of aliphatic hydroxyl groups excluding tert-OH is 2. The van der Waals surface area contributed by atoms with Crippen LogP contribution < -0.4 is 15.5 Å². The van der Waals surface area contributed by atoms with Gasteiger partial charge in [0.15, 0.2) is 16.8 Å². The molecule has 4 aliphatic carbocycles. The summed E-state index contributed by atoms with van der Waals surface area (Å²) in [6, 6.07) is 12.1. The molecule has 1 aliphatic heterocycles. The summed E-state index contributed by atoms with van der Waals surface area (Å²) >= 11 is 1.62. The lowest BCUT2D eigenvalue weighted by molar-refractivity contribution is -0.247. The Morgan fingerprint density at radius 1 is 0.945 bits per heavy atom. The molecule has 2 unspecified atom stereocenters. The van der Waals surface area contributed by atoms with Crippen LogP contribution in [0.5, 0.6) is 0 Å². The Bertz CT molecular complexity index is 2150. The van der Waals surface area contributed by atoms with Crippen LogP contribution in [-0.2, 0) is 17.7 Å². The summed E-state index contributed by atoms with van der Waals surface area (Å²) in [4.78, 5) is 11.9. The molecule has 4 N–H and O–H groups in total. The van der Waals surface area contributed by atoms with Gasteiger partial charge in [0.05, 0.1) is 47.9 Å². The Labute approximate surface area is 326 Å². The van der Waals surface area contributed by atoms with Crippen LogP contribution >= 0.6 is 11.3 Å². The molecule has 55 heavy (non-hydrogen) atoms. The maximum absolute atomic E-state index is 9.48. The van der Waals surface area contributed by atoms with Gasteiger partial charge in [0.2, 0.25) is 0 Å². The number of para-hydroxylation sites is 1. The molecule has 5 aromatic rings. The SMILES string of the molecule is Cc1c(Nc2nc3ccccc3s2)nnc2c1CCCN2c1ccc(-c2cnn(CC34CC5(C)CC(C)(C3)CC(OCCNC(CO)CO)(C5)C4)c2C)cn1. The fourth-order valence-electron chi connectivity index (χ4n) is 11.7. The van der Waals surface area contributed by atoms with Gasteiger partial charge in [0.25, 0.3) is 0 Å². The monoisotopic (exact) mass is 763 g/mol. The standard InChI is InChI=1S/C42H53N9O3S/c1-27-31-8-7-14-50(37(31)49-48-36(27)47-38-46-33-9-5-6-10-34(33)55-38)35-12-11-29(16-44-35)32-17-45-51(28(32)2)26-41-21-39(3)20-40(4,22-41)24-42(23-39,25-41)54-15-13-43-30(18-52)19-53/h5-6,9-12,16-17,30,43,52-53H,7-8,13-15,18-26H2,1-4H3,(H,46,47,48). The number of aromatic nitrogens is 6. The van der Waals surface area contributed by atoms with Gasteiger partial charge in [0, 0.05) is 53.8 Å². The quantitative estimate of drug-likeness (QED) is 0.0933. The first kappa shape index (κ1) is 36.6. The lowest BCUT2D eigenvalue weighted by Crippen LogP contribution is -2.64. The maximum Gasteiger partial charge on any atom is 0.189 e. The van der Waals surface area contributed by atoms with Crippen LogP contribution in [0.25, 0.3) is 21.3 Å². The van der Waals surface area contributed by atoms with Crippen molar-refractivity contribution in [2.75, 3.05) is 43.1 Å². The van der Waals surface area contributed by atoms with E-state index in [-0.39, 0.29) is 41.1 Å². The maximum atomic E-state index is 9.48. The minimum absolute atomic E-state index is 0.0828. The van der Waals surface area contributed by atoms with E-state index in [1.807, 2.05) is 30.6 Å². The molecule has 12 nitrogen and oxygen atoms in total. The van der Waals surface area contributed by atoms with Gasteiger partial charge in [-0.1, -0.05) is 37.3 Å². The highest BCUT2D eigenvalue weighted by atomic mass is 32.1. The van der Waals surface area contributed by atoms with E-state index in [0.29, 0.717) is 13.2 Å². The Kier molecular flexibility index (Phi) is 9.24. The average molecular weight is 764 g/mol. The van der Waals surface area contributed by atoms with Crippen molar-refractivity contribution in [3.05, 3.63) is 65.6 Å². The van der Waals surface area contributed by atoms with Gasteiger partial charge in [-0.25, -0.2) is 9.97 Å². The van der Waals surface area contributed by atoms with Crippen LogP contribution in [0.2, 0.25) is 0 Å². The minimum atomic E-state index is -0.307. The van der Waals surface area contributed by atoms with E-state index in [1.54, 1.807) is 11.3 Å². The molecule has 0 saturated heterocycles. The second-order valence-corrected chi connectivity index (χ2v) is 18.8. The van der Waals surface area contributed by atoms with E-state index in [0.717, 1.165) is 100 Å². The van der Waals surface area contributed by atoms with E-state index in [9.17, 15) is 10.2 Å². The molecule has 10 rings (SSSR count). The van der Waals surface area contributed by atoms with E-state index in [1.165, 1.54) is 24.8 Å². The highest BCUT2D eigenvalue weighted by molar-refractivity contribution is 7.22. The molecule has 4 fully saturated rings. The number of hydrogen-bond acceptors (Lipinski definition) is 12. The van der Waals surface area contributed by atoms with E-state index >= 15 is 0 Å². The summed E-state index contributed by atoms with van der Waals surface area (Å²) in [7, 11) is 0. The fourth-order valence-corrected chi connectivity index (χ4v) is 12.6. The van der Waals surface area contributed by atoms with Gasteiger partial charge >= 0.3 is 0 Å². The predicted octanol–water partition coefficient (Wildman–Crippen LogP) is 6.87. The molecule has 5 aliphatic rings. The summed E-state index contributed by atoms with van der Waals surface area (Å²) in [5.74, 6) is 2.49. The number of aliphatic hydroxyl groups is 2. The second kappa shape index (κ2) is 13.9. The van der Waals surface area contributed by atoms with Crippen molar-refractivity contribution in [2.45, 2.75) is 97.2 Å². The van der Waals surface area contributed by atoms with Crippen LogP contribution in [0.1, 0.15) is 75.6 Å². The number of nitrogens with zero attached hydrogens (tertiary/aromatic N) is 7. The Morgan fingerprint density at radius 2 is 1.75 bits per heavy atom. The smallest absolute Gasteiger partial charge is 0.189 e. The van der Waals surface area contributed by atoms with Crippen molar-refractivity contribution >= 4 is 44.1 Å². The first-order chi connectivity index (χ1) is 26.5. The molecule has 0 radical (unpaired) electrons. The van der Waals surface area contributed by atoms with Crippen molar-refractivity contribution in [2.24, 2.45) is 16.2 Å². The third-order valence-electron chi connectivity index (χ3n) is 12.9. The first-order valence-corrected chi connectivity index (χ1v) is 20.7.